The van der Waals surface area contributed by atoms with Crippen LogP contribution in [0.2, 0.25) is 0 Å². The van der Waals surface area contributed by atoms with Crippen molar-refractivity contribution in [1.82, 2.24) is 14.8 Å². The van der Waals surface area contributed by atoms with E-state index in [4.69, 9.17) is 9.47 Å². The number of amides is 1. The molecule has 2 heterocycles. The lowest BCUT2D eigenvalue weighted by molar-refractivity contribution is 0.0599. The summed E-state index contributed by atoms with van der Waals surface area (Å²) in [7, 11) is 3.01. The summed E-state index contributed by atoms with van der Waals surface area (Å²) in [4.78, 5) is 32.4. The number of methoxy groups -OCH3 is 2. The molecule has 1 aliphatic rings. The van der Waals surface area contributed by atoms with E-state index >= 15 is 0 Å². The van der Waals surface area contributed by atoms with Crippen LogP contribution in [0.15, 0.2) is 24.3 Å². The highest BCUT2D eigenvalue weighted by Crippen LogP contribution is 2.21. The topological polar surface area (TPSA) is 74.9 Å². The number of aryl methyl sites for hydroxylation is 1. The van der Waals surface area contributed by atoms with Crippen molar-refractivity contribution in [3.05, 3.63) is 52.3 Å². The Bertz CT molecular complexity index is 873. The Hall–Kier alpha value is -2.80. The number of hydrogen-bond acceptors (Lipinski definition) is 5. The van der Waals surface area contributed by atoms with Gasteiger partial charge in [0.05, 0.1) is 19.8 Å². The molecule has 0 aliphatic carbocycles. The zero-order chi connectivity index (χ0) is 21.0. The Kier molecular flexibility index (Phi) is 6.59. The molecule has 1 fully saturated rings. The third-order valence-electron chi connectivity index (χ3n) is 5.48. The second-order valence-electron chi connectivity index (χ2n) is 7.39. The van der Waals surface area contributed by atoms with Crippen molar-refractivity contribution in [2.45, 2.75) is 26.8 Å². The van der Waals surface area contributed by atoms with E-state index in [1.165, 1.54) is 12.7 Å². The monoisotopic (exact) mass is 399 g/mol. The Morgan fingerprint density at radius 1 is 1.03 bits per heavy atom. The van der Waals surface area contributed by atoms with Crippen molar-refractivity contribution in [2.75, 3.05) is 40.4 Å². The van der Waals surface area contributed by atoms with Gasteiger partial charge in [-0.2, -0.15) is 0 Å². The van der Waals surface area contributed by atoms with Gasteiger partial charge in [0.25, 0.3) is 5.91 Å². The molecule has 0 unspecified atom stereocenters. The van der Waals surface area contributed by atoms with Crippen LogP contribution in [0.3, 0.4) is 0 Å². The molecule has 0 atom stereocenters. The minimum atomic E-state index is -0.420. The molecule has 1 amide bonds. The van der Waals surface area contributed by atoms with E-state index in [2.05, 4.69) is 22.0 Å². The molecule has 7 heteroatoms. The number of nitrogens with zero attached hydrogens (tertiary/aromatic N) is 2. The van der Waals surface area contributed by atoms with Crippen molar-refractivity contribution >= 4 is 11.9 Å². The van der Waals surface area contributed by atoms with Gasteiger partial charge >= 0.3 is 5.97 Å². The summed E-state index contributed by atoms with van der Waals surface area (Å²) in [6.45, 7) is 7.51. The molecule has 0 radical (unpaired) electrons. The largest absolute Gasteiger partial charge is 0.497 e. The first-order valence-corrected chi connectivity index (χ1v) is 9.86. The van der Waals surface area contributed by atoms with Crippen LogP contribution in [0, 0.1) is 13.8 Å². The number of benzene rings is 1. The van der Waals surface area contributed by atoms with Gasteiger partial charge in [-0.1, -0.05) is 12.1 Å². The Labute approximate surface area is 171 Å². The van der Waals surface area contributed by atoms with Crippen LogP contribution in [0.25, 0.3) is 0 Å². The normalized spacial score (nSPS) is 15.1. The summed E-state index contributed by atoms with van der Waals surface area (Å²) in [6, 6.07) is 8.09. The van der Waals surface area contributed by atoms with Gasteiger partial charge in [-0.3, -0.25) is 9.69 Å². The maximum Gasteiger partial charge on any atom is 0.339 e. The van der Waals surface area contributed by atoms with Crippen LogP contribution in [0.1, 0.15) is 44.1 Å². The van der Waals surface area contributed by atoms with Gasteiger partial charge in [0.15, 0.2) is 0 Å². The van der Waals surface area contributed by atoms with E-state index in [-0.39, 0.29) is 5.91 Å². The quantitative estimate of drug-likeness (QED) is 0.783. The Morgan fingerprint density at radius 2 is 1.76 bits per heavy atom. The molecule has 0 saturated carbocycles. The zero-order valence-electron chi connectivity index (χ0n) is 17.6. The second kappa shape index (κ2) is 9.13. The van der Waals surface area contributed by atoms with Gasteiger partial charge in [-0.15, -0.1) is 0 Å². The summed E-state index contributed by atoms with van der Waals surface area (Å²) in [5, 5.41) is 0. The predicted octanol–water partition coefficient (Wildman–Crippen LogP) is 2.77. The first kappa shape index (κ1) is 20.9. The Morgan fingerprint density at radius 3 is 2.41 bits per heavy atom. The molecule has 1 aliphatic heterocycles. The molecule has 1 saturated heterocycles. The summed E-state index contributed by atoms with van der Waals surface area (Å²) in [6.07, 6.45) is 0.907. The lowest BCUT2D eigenvalue weighted by Gasteiger charge is -2.22. The number of nitrogens with one attached hydrogen (secondary N) is 1. The van der Waals surface area contributed by atoms with E-state index in [0.29, 0.717) is 35.6 Å². The summed E-state index contributed by atoms with van der Waals surface area (Å²) in [5.41, 5.74) is 3.47. The lowest BCUT2D eigenvalue weighted by Crippen LogP contribution is -2.35. The van der Waals surface area contributed by atoms with Gasteiger partial charge in [0.1, 0.15) is 11.4 Å². The van der Waals surface area contributed by atoms with Crippen molar-refractivity contribution in [2.24, 2.45) is 0 Å². The van der Waals surface area contributed by atoms with Crippen LogP contribution >= 0.6 is 0 Å². The summed E-state index contributed by atoms with van der Waals surface area (Å²) in [5.74, 6) is 0.369. The first-order chi connectivity index (χ1) is 13.9. The van der Waals surface area contributed by atoms with Gasteiger partial charge in [0.2, 0.25) is 0 Å². The highest BCUT2D eigenvalue weighted by Gasteiger charge is 2.27. The average Bonchev–Trinajstić information content (AvgIpc) is 2.88. The summed E-state index contributed by atoms with van der Waals surface area (Å²) < 4.78 is 10.1. The molecular formula is C22H29N3O4. The van der Waals surface area contributed by atoms with E-state index in [9.17, 15) is 9.59 Å². The molecule has 1 aromatic heterocycles. The SMILES string of the molecule is COC(=O)c1c(C)[nH]c(C(=O)N2CCCN(Cc3ccc(OC)cc3)CC2)c1C. The number of aromatic nitrogens is 1. The first-order valence-electron chi connectivity index (χ1n) is 9.86. The Balaban J connectivity index is 1.66. The van der Waals surface area contributed by atoms with Gasteiger partial charge in [0, 0.05) is 38.4 Å². The smallest absolute Gasteiger partial charge is 0.339 e. The average molecular weight is 399 g/mol. The predicted molar refractivity (Wildman–Crippen MR) is 110 cm³/mol. The van der Waals surface area contributed by atoms with E-state index in [1.54, 1.807) is 21.0 Å². The fraction of sp³-hybridized carbons (Fsp3) is 0.455. The van der Waals surface area contributed by atoms with Crippen LogP contribution in [0.4, 0.5) is 0 Å². The van der Waals surface area contributed by atoms with Crippen molar-refractivity contribution < 1.29 is 19.1 Å². The van der Waals surface area contributed by atoms with E-state index in [1.807, 2.05) is 17.0 Å². The zero-order valence-corrected chi connectivity index (χ0v) is 17.6. The molecule has 29 heavy (non-hydrogen) atoms. The number of carbonyl (C=O) groups excluding carboxylic acids is 2. The van der Waals surface area contributed by atoms with Crippen LogP contribution in [-0.4, -0.2) is 67.1 Å². The van der Waals surface area contributed by atoms with Crippen molar-refractivity contribution in [3.63, 3.8) is 0 Å². The van der Waals surface area contributed by atoms with E-state index in [0.717, 1.165) is 31.8 Å². The maximum absolute atomic E-state index is 13.1. The van der Waals surface area contributed by atoms with Crippen LogP contribution < -0.4 is 4.74 Å². The summed E-state index contributed by atoms with van der Waals surface area (Å²) >= 11 is 0. The third kappa shape index (κ3) is 4.62. The fourth-order valence-electron chi connectivity index (χ4n) is 3.85. The minimum absolute atomic E-state index is 0.0629. The fourth-order valence-corrected chi connectivity index (χ4v) is 3.85. The standard InChI is InChI=1S/C22H29N3O4/c1-15-19(22(27)29-4)16(2)23-20(15)21(26)25-11-5-10-24(12-13-25)14-17-6-8-18(28-3)9-7-17/h6-9,23H,5,10-14H2,1-4H3. The van der Waals surface area contributed by atoms with Gasteiger partial charge < -0.3 is 19.4 Å². The number of H-pyrrole nitrogens is 1. The number of hydrogen-bond donors (Lipinski definition) is 1. The van der Waals surface area contributed by atoms with Crippen LogP contribution in [-0.2, 0) is 11.3 Å². The second-order valence-corrected chi connectivity index (χ2v) is 7.39. The minimum Gasteiger partial charge on any atom is -0.497 e. The lowest BCUT2D eigenvalue weighted by atomic mass is 10.1. The highest BCUT2D eigenvalue weighted by atomic mass is 16.5. The van der Waals surface area contributed by atoms with Crippen molar-refractivity contribution in [1.29, 1.82) is 0 Å². The molecule has 2 aromatic rings. The molecule has 0 bridgehead atoms. The maximum atomic E-state index is 13.1. The number of esters is 1. The number of ether oxygens (including phenoxy) is 2. The highest BCUT2D eigenvalue weighted by molar-refractivity contribution is 6.00. The number of aromatic amines is 1. The number of carbonyl (C=O) groups is 2. The molecule has 7 nitrogen and oxygen atoms in total. The third-order valence-corrected chi connectivity index (χ3v) is 5.48. The molecule has 156 valence electrons. The van der Waals surface area contributed by atoms with Crippen LogP contribution in [0.5, 0.6) is 5.75 Å². The van der Waals surface area contributed by atoms with E-state index < -0.39 is 5.97 Å². The molecule has 0 spiro atoms. The molecule has 3 rings (SSSR count). The van der Waals surface area contributed by atoms with Gasteiger partial charge in [-0.05, 0) is 43.5 Å². The molecule has 1 aromatic carbocycles. The van der Waals surface area contributed by atoms with Crippen molar-refractivity contribution in [3.8, 4) is 5.75 Å². The van der Waals surface area contributed by atoms with Gasteiger partial charge in [-0.25, -0.2) is 4.79 Å². The molecular weight excluding hydrogens is 370 g/mol. The molecule has 1 N–H and O–H groups in total. The number of rotatable bonds is 5.